The maximum absolute atomic E-state index is 12.3. The Labute approximate surface area is 91.7 Å². The van der Waals surface area contributed by atoms with Crippen LogP contribution in [-0.2, 0) is 6.18 Å². The van der Waals surface area contributed by atoms with Crippen LogP contribution in [0.15, 0.2) is 18.3 Å². The number of pyridine rings is 1. The second-order valence-electron chi connectivity index (χ2n) is 4.19. The molecule has 2 rings (SSSR count). The molecule has 5 heteroatoms. The molecule has 2 N–H and O–H groups in total. The standard InChI is InChI=1S/C11H13F3N2/c12-11(13,14)8-4-5-9(16-6-8)10(15)7-2-1-3-7/h4-7,10H,1-3,15H2. The molecule has 0 aromatic carbocycles. The van der Waals surface area contributed by atoms with Crippen molar-refractivity contribution in [2.75, 3.05) is 0 Å². The van der Waals surface area contributed by atoms with Crippen molar-refractivity contribution in [1.29, 1.82) is 0 Å². The van der Waals surface area contributed by atoms with Crippen LogP contribution in [0.3, 0.4) is 0 Å². The highest BCUT2D eigenvalue weighted by Gasteiger charge is 2.32. The van der Waals surface area contributed by atoms with Crippen LogP contribution in [0, 0.1) is 5.92 Å². The molecule has 0 aliphatic heterocycles. The van der Waals surface area contributed by atoms with E-state index in [2.05, 4.69) is 4.98 Å². The van der Waals surface area contributed by atoms with Crippen LogP contribution in [0.2, 0.25) is 0 Å². The Morgan fingerprint density at radius 3 is 2.38 bits per heavy atom. The molecule has 1 atom stereocenters. The molecule has 1 aliphatic carbocycles. The molecule has 1 unspecified atom stereocenters. The molecule has 1 fully saturated rings. The van der Waals surface area contributed by atoms with E-state index in [1.165, 1.54) is 6.07 Å². The average molecular weight is 230 g/mol. The number of hydrogen-bond acceptors (Lipinski definition) is 2. The summed E-state index contributed by atoms with van der Waals surface area (Å²) in [5.74, 6) is 0.379. The van der Waals surface area contributed by atoms with Gasteiger partial charge in [0.2, 0.25) is 0 Å². The molecule has 1 aromatic rings. The highest BCUT2D eigenvalue weighted by atomic mass is 19.4. The molecule has 0 radical (unpaired) electrons. The van der Waals surface area contributed by atoms with Gasteiger partial charge >= 0.3 is 6.18 Å². The lowest BCUT2D eigenvalue weighted by atomic mass is 9.79. The third-order valence-corrected chi connectivity index (χ3v) is 3.11. The quantitative estimate of drug-likeness (QED) is 0.848. The summed E-state index contributed by atoms with van der Waals surface area (Å²) in [6.07, 6.45) is -0.229. The Hall–Kier alpha value is -1.10. The summed E-state index contributed by atoms with van der Waals surface area (Å²) in [6.45, 7) is 0. The van der Waals surface area contributed by atoms with Crippen molar-refractivity contribution in [2.45, 2.75) is 31.5 Å². The number of aromatic nitrogens is 1. The van der Waals surface area contributed by atoms with E-state index in [0.29, 0.717) is 11.6 Å². The summed E-state index contributed by atoms with van der Waals surface area (Å²) in [7, 11) is 0. The smallest absolute Gasteiger partial charge is 0.322 e. The molecule has 88 valence electrons. The van der Waals surface area contributed by atoms with Gasteiger partial charge in [-0.15, -0.1) is 0 Å². The van der Waals surface area contributed by atoms with Gasteiger partial charge in [0, 0.05) is 12.2 Å². The fourth-order valence-corrected chi connectivity index (χ4v) is 1.81. The highest BCUT2D eigenvalue weighted by Crippen LogP contribution is 2.36. The molecule has 0 spiro atoms. The van der Waals surface area contributed by atoms with Crippen LogP contribution < -0.4 is 5.73 Å². The zero-order valence-electron chi connectivity index (χ0n) is 8.67. The van der Waals surface area contributed by atoms with Crippen LogP contribution >= 0.6 is 0 Å². The molecule has 0 saturated heterocycles. The summed E-state index contributed by atoms with van der Waals surface area (Å²) in [6, 6.07) is 2.20. The summed E-state index contributed by atoms with van der Waals surface area (Å²) >= 11 is 0. The number of alkyl halides is 3. The minimum atomic E-state index is -4.33. The van der Waals surface area contributed by atoms with Crippen molar-refractivity contribution in [3.8, 4) is 0 Å². The highest BCUT2D eigenvalue weighted by molar-refractivity contribution is 5.19. The van der Waals surface area contributed by atoms with Gasteiger partial charge in [0.25, 0.3) is 0 Å². The Kier molecular flexibility index (Phi) is 2.88. The Balaban J connectivity index is 2.12. The van der Waals surface area contributed by atoms with Gasteiger partial charge in [0.15, 0.2) is 0 Å². The Morgan fingerprint density at radius 1 is 1.31 bits per heavy atom. The topological polar surface area (TPSA) is 38.9 Å². The predicted molar refractivity (Wildman–Crippen MR) is 53.5 cm³/mol. The normalized spacial score (nSPS) is 19.2. The zero-order chi connectivity index (χ0) is 11.8. The molecular weight excluding hydrogens is 217 g/mol. The SMILES string of the molecule is NC(c1ccc(C(F)(F)F)cn1)C1CCC1. The lowest BCUT2D eigenvalue weighted by Crippen LogP contribution is -2.27. The summed E-state index contributed by atoms with van der Waals surface area (Å²) in [5.41, 5.74) is 5.74. The third-order valence-electron chi connectivity index (χ3n) is 3.11. The van der Waals surface area contributed by atoms with Crippen molar-refractivity contribution < 1.29 is 13.2 Å². The van der Waals surface area contributed by atoms with Gasteiger partial charge in [-0.05, 0) is 30.9 Å². The van der Waals surface area contributed by atoms with Gasteiger partial charge in [-0.2, -0.15) is 13.2 Å². The minimum Gasteiger partial charge on any atom is -0.322 e. The van der Waals surface area contributed by atoms with E-state index >= 15 is 0 Å². The molecule has 1 heterocycles. The first kappa shape index (κ1) is 11.4. The first-order chi connectivity index (χ1) is 7.48. The van der Waals surface area contributed by atoms with Crippen molar-refractivity contribution >= 4 is 0 Å². The maximum atomic E-state index is 12.3. The van der Waals surface area contributed by atoms with E-state index in [1.807, 2.05) is 0 Å². The van der Waals surface area contributed by atoms with Crippen molar-refractivity contribution in [1.82, 2.24) is 4.98 Å². The molecule has 1 saturated carbocycles. The van der Waals surface area contributed by atoms with Gasteiger partial charge in [-0.25, -0.2) is 0 Å². The number of halogens is 3. The maximum Gasteiger partial charge on any atom is 0.417 e. The largest absolute Gasteiger partial charge is 0.417 e. The minimum absolute atomic E-state index is 0.226. The fraction of sp³-hybridized carbons (Fsp3) is 0.545. The fourth-order valence-electron chi connectivity index (χ4n) is 1.81. The van der Waals surface area contributed by atoms with Gasteiger partial charge in [0.05, 0.1) is 11.3 Å². The van der Waals surface area contributed by atoms with Crippen molar-refractivity contribution in [2.24, 2.45) is 11.7 Å². The summed E-state index contributed by atoms with van der Waals surface area (Å²) < 4.78 is 36.9. The van der Waals surface area contributed by atoms with E-state index in [1.54, 1.807) is 0 Å². The van der Waals surface area contributed by atoms with E-state index in [9.17, 15) is 13.2 Å². The summed E-state index contributed by atoms with van der Waals surface area (Å²) in [5, 5.41) is 0. The molecule has 1 aromatic heterocycles. The van der Waals surface area contributed by atoms with E-state index in [0.717, 1.165) is 31.5 Å². The van der Waals surface area contributed by atoms with Crippen LogP contribution in [0.5, 0.6) is 0 Å². The summed E-state index contributed by atoms with van der Waals surface area (Å²) in [4.78, 5) is 3.80. The lowest BCUT2D eigenvalue weighted by molar-refractivity contribution is -0.137. The van der Waals surface area contributed by atoms with Gasteiger partial charge in [-0.1, -0.05) is 6.42 Å². The Bertz CT molecular complexity index is 354. The second kappa shape index (κ2) is 4.05. The van der Waals surface area contributed by atoms with Crippen molar-refractivity contribution in [3.63, 3.8) is 0 Å². The third kappa shape index (κ3) is 2.19. The molecule has 16 heavy (non-hydrogen) atoms. The van der Waals surface area contributed by atoms with Gasteiger partial charge in [-0.3, -0.25) is 4.98 Å². The van der Waals surface area contributed by atoms with Gasteiger partial charge in [0.1, 0.15) is 0 Å². The first-order valence-electron chi connectivity index (χ1n) is 5.27. The molecule has 0 bridgehead atoms. The van der Waals surface area contributed by atoms with Gasteiger partial charge < -0.3 is 5.73 Å². The van der Waals surface area contributed by atoms with Crippen LogP contribution in [-0.4, -0.2) is 4.98 Å². The molecule has 2 nitrogen and oxygen atoms in total. The number of rotatable bonds is 2. The van der Waals surface area contributed by atoms with Crippen LogP contribution in [0.1, 0.15) is 36.6 Å². The molecule has 0 amide bonds. The zero-order valence-corrected chi connectivity index (χ0v) is 8.67. The monoisotopic (exact) mass is 230 g/mol. The second-order valence-corrected chi connectivity index (χ2v) is 4.19. The first-order valence-corrected chi connectivity index (χ1v) is 5.27. The molecule has 1 aliphatic rings. The van der Waals surface area contributed by atoms with Crippen LogP contribution in [0.25, 0.3) is 0 Å². The van der Waals surface area contributed by atoms with Crippen LogP contribution in [0.4, 0.5) is 13.2 Å². The average Bonchev–Trinajstić information content (AvgIpc) is 2.14. The Morgan fingerprint density at radius 2 is 2.00 bits per heavy atom. The van der Waals surface area contributed by atoms with E-state index < -0.39 is 11.7 Å². The molecular formula is C11H13F3N2. The number of hydrogen-bond donors (Lipinski definition) is 1. The van der Waals surface area contributed by atoms with E-state index in [-0.39, 0.29) is 6.04 Å². The van der Waals surface area contributed by atoms with Crippen molar-refractivity contribution in [3.05, 3.63) is 29.6 Å². The number of nitrogens with zero attached hydrogens (tertiary/aromatic N) is 1. The number of nitrogens with two attached hydrogens (primary N) is 1. The predicted octanol–water partition coefficient (Wildman–Crippen LogP) is 2.90. The van der Waals surface area contributed by atoms with E-state index in [4.69, 9.17) is 5.73 Å². The lowest BCUT2D eigenvalue weighted by Gasteiger charge is -2.30.